The van der Waals surface area contributed by atoms with E-state index in [4.69, 9.17) is 11.5 Å². The van der Waals surface area contributed by atoms with Crippen molar-refractivity contribution in [3.8, 4) is 0 Å². The van der Waals surface area contributed by atoms with E-state index in [2.05, 4.69) is 0 Å². The van der Waals surface area contributed by atoms with E-state index in [9.17, 15) is 9.18 Å². The molecule has 3 nitrogen and oxygen atoms in total. The SMILES string of the molecule is CC(C)(CC(N)c1ccc(F)cc1)C(N)=O. The Labute approximate surface area is 94.6 Å². The van der Waals surface area contributed by atoms with E-state index in [1.807, 2.05) is 0 Å². The largest absolute Gasteiger partial charge is 0.369 e. The van der Waals surface area contributed by atoms with Gasteiger partial charge in [-0.15, -0.1) is 0 Å². The van der Waals surface area contributed by atoms with Gasteiger partial charge in [0.05, 0.1) is 0 Å². The van der Waals surface area contributed by atoms with Crippen LogP contribution in [0.1, 0.15) is 31.9 Å². The van der Waals surface area contributed by atoms with E-state index >= 15 is 0 Å². The third-order valence-corrected chi connectivity index (χ3v) is 2.70. The standard InChI is InChI=1S/C12H17FN2O/c1-12(2,11(15)16)7-10(14)8-3-5-9(13)6-4-8/h3-6,10H,7,14H2,1-2H3,(H2,15,16). The number of carbonyl (C=O) groups is 1. The molecule has 1 amide bonds. The van der Waals surface area contributed by atoms with Crippen molar-refractivity contribution in [2.45, 2.75) is 26.3 Å². The van der Waals surface area contributed by atoms with Crippen LogP contribution in [-0.2, 0) is 4.79 Å². The molecule has 1 rings (SSSR count). The Hall–Kier alpha value is -1.42. The van der Waals surface area contributed by atoms with Crippen molar-refractivity contribution in [1.29, 1.82) is 0 Å². The van der Waals surface area contributed by atoms with Crippen molar-refractivity contribution in [3.63, 3.8) is 0 Å². The monoisotopic (exact) mass is 224 g/mol. The van der Waals surface area contributed by atoms with Gasteiger partial charge in [0, 0.05) is 11.5 Å². The zero-order valence-electron chi connectivity index (χ0n) is 9.53. The Morgan fingerprint density at radius 3 is 2.31 bits per heavy atom. The summed E-state index contributed by atoms with van der Waals surface area (Å²) in [6, 6.07) is 5.63. The van der Waals surface area contributed by atoms with E-state index in [0.29, 0.717) is 6.42 Å². The molecule has 16 heavy (non-hydrogen) atoms. The highest BCUT2D eigenvalue weighted by molar-refractivity contribution is 5.79. The Kier molecular flexibility index (Phi) is 3.65. The summed E-state index contributed by atoms with van der Waals surface area (Å²) in [6.45, 7) is 3.50. The maximum atomic E-state index is 12.7. The second-order valence-electron chi connectivity index (χ2n) is 4.61. The molecule has 0 radical (unpaired) electrons. The van der Waals surface area contributed by atoms with Crippen molar-refractivity contribution >= 4 is 5.91 Å². The minimum atomic E-state index is -0.659. The molecular weight excluding hydrogens is 207 g/mol. The zero-order chi connectivity index (χ0) is 12.3. The third kappa shape index (κ3) is 3.03. The van der Waals surface area contributed by atoms with E-state index in [1.165, 1.54) is 12.1 Å². The van der Waals surface area contributed by atoms with Gasteiger partial charge in [-0.3, -0.25) is 4.79 Å². The van der Waals surface area contributed by atoms with Crippen LogP contribution in [-0.4, -0.2) is 5.91 Å². The number of hydrogen-bond acceptors (Lipinski definition) is 2. The van der Waals surface area contributed by atoms with Gasteiger partial charge >= 0.3 is 0 Å². The molecule has 0 saturated heterocycles. The normalized spacial score (nSPS) is 13.5. The lowest BCUT2D eigenvalue weighted by Crippen LogP contribution is -2.34. The quantitative estimate of drug-likeness (QED) is 0.817. The predicted octanol–water partition coefficient (Wildman–Crippen LogP) is 1.73. The zero-order valence-corrected chi connectivity index (χ0v) is 9.53. The molecule has 1 aromatic carbocycles. The molecule has 4 N–H and O–H groups in total. The molecule has 1 atom stereocenters. The van der Waals surface area contributed by atoms with Gasteiger partial charge in [0.1, 0.15) is 5.82 Å². The molecule has 0 aliphatic carbocycles. The topological polar surface area (TPSA) is 69.1 Å². The summed E-state index contributed by atoms with van der Waals surface area (Å²) in [7, 11) is 0. The van der Waals surface area contributed by atoms with Gasteiger partial charge in [0.2, 0.25) is 5.91 Å². The first-order valence-corrected chi connectivity index (χ1v) is 5.14. The van der Waals surface area contributed by atoms with Crippen molar-refractivity contribution in [2.24, 2.45) is 16.9 Å². The van der Waals surface area contributed by atoms with Crippen LogP contribution in [0.3, 0.4) is 0 Å². The second-order valence-corrected chi connectivity index (χ2v) is 4.61. The van der Waals surface area contributed by atoms with Gasteiger partial charge < -0.3 is 11.5 Å². The minimum Gasteiger partial charge on any atom is -0.369 e. The number of rotatable bonds is 4. The number of nitrogens with two attached hydrogens (primary N) is 2. The highest BCUT2D eigenvalue weighted by Crippen LogP contribution is 2.28. The second kappa shape index (κ2) is 4.61. The fourth-order valence-corrected chi connectivity index (χ4v) is 1.48. The van der Waals surface area contributed by atoms with Gasteiger partial charge in [0.25, 0.3) is 0 Å². The summed E-state index contributed by atoms with van der Waals surface area (Å²) in [6.07, 6.45) is 0.438. The summed E-state index contributed by atoms with van der Waals surface area (Å²) < 4.78 is 12.7. The molecule has 0 heterocycles. The predicted molar refractivity (Wildman–Crippen MR) is 60.9 cm³/mol. The summed E-state index contributed by atoms with van der Waals surface area (Å²) in [5.74, 6) is -0.685. The number of amides is 1. The summed E-state index contributed by atoms with van der Waals surface area (Å²) in [4.78, 5) is 11.1. The lowest BCUT2D eigenvalue weighted by molar-refractivity contribution is -0.126. The van der Waals surface area contributed by atoms with Crippen LogP contribution in [0, 0.1) is 11.2 Å². The molecule has 4 heteroatoms. The number of carbonyl (C=O) groups excluding carboxylic acids is 1. The molecule has 0 spiro atoms. The summed E-state index contributed by atoms with van der Waals surface area (Å²) in [5.41, 5.74) is 11.3. The van der Waals surface area contributed by atoms with Crippen molar-refractivity contribution < 1.29 is 9.18 Å². The first kappa shape index (κ1) is 12.6. The summed E-state index contributed by atoms with van der Waals surface area (Å²) >= 11 is 0. The van der Waals surface area contributed by atoms with Crippen LogP contribution in [0.4, 0.5) is 4.39 Å². The van der Waals surface area contributed by atoms with Crippen molar-refractivity contribution in [2.75, 3.05) is 0 Å². The molecule has 0 aliphatic heterocycles. The van der Waals surface area contributed by atoms with Crippen LogP contribution < -0.4 is 11.5 Å². The molecule has 0 bridgehead atoms. The lowest BCUT2D eigenvalue weighted by Gasteiger charge is -2.24. The minimum absolute atomic E-state index is 0.301. The van der Waals surface area contributed by atoms with Gasteiger partial charge in [-0.05, 0) is 24.1 Å². The molecule has 0 fully saturated rings. The smallest absolute Gasteiger partial charge is 0.223 e. The van der Waals surface area contributed by atoms with Crippen LogP contribution in [0.15, 0.2) is 24.3 Å². The molecular formula is C12H17FN2O. The van der Waals surface area contributed by atoms with E-state index < -0.39 is 5.41 Å². The average molecular weight is 224 g/mol. The van der Waals surface area contributed by atoms with Crippen molar-refractivity contribution in [3.05, 3.63) is 35.6 Å². The number of benzene rings is 1. The highest BCUT2D eigenvalue weighted by atomic mass is 19.1. The van der Waals surface area contributed by atoms with Gasteiger partial charge in [-0.1, -0.05) is 26.0 Å². The van der Waals surface area contributed by atoms with Crippen LogP contribution in [0.5, 0.6) is 0 Å². The molecule has 0 saturated carbocycles. The van der Waals surface area contributed by atoms with Gasteiger partial charge in [-0.25, -0.2) is 4.39 Å². The maximum absolute atomic E-state index is 12.7. The summed E-state index contributed by atoms with van der Waals surface area (Å²) in [5, 5.41) is 0. The molecule has 0 aliphatic rings. The molecule has 0 aromatic heterocycles. The number of hydrogen-bond donors (Lipinski definition) is 2. The fourth-order valence-electron chi connectivity index (χ4n) is 1.48. The van der Waals surface area contributed by atoms with E-state index in [-0.39, 0.29) is 17.8 Å². The number of primary amides is 1. The van der Waals surface area contributed by atoms with Gasteiger partial charge in [0.15, 0.2) is 0 Å². The average Bonchev–Trinajstić information content (AvgIpc) is 2.17. The Bertz CT molecular complexity index is 373. The maximum Gasteiger partial charge on any atom is 0.223 e. The van der Waals surface area contributed by atoms with Crippen molar-refractivity contribution in [1.82, 2.24) is 0 Å². The fraction of sp³-hybridized carbons (Fsp3) is 0.417. The van der Waals surface area contributed by atoms with E-state index in [0.717, 1.165) is 5.56 Å². The Balaban J connectivity index is 2.76. The highest BCUT2D eigenvalue weighted by Gasteiger charge is 2.27. The Morgan fingerprint density at radius 1 is 1.38 bits per heavy atom. The van der Waals surface area contributed by atoms with Crippen LogP contribution in [0.25, 0.3) is 0 Å². The lowest BCUT2D eigenvalue weighted by atomic mass is 9.83. The Morgan fingerprint density at radius 2 is 1.88 bits per heavy atom. The molecule has 88 valence electrons. The molecule has 1 unspecified atom stereocenters. The number of halogens is 1. The van der Waals surface area contributed by atoms with Gasteiger partial charge in [-0.2, -0.15) is 0 Å². The van der Waals surface area contributed by atoms with Crippen LogP contribution >= 0.6 is 0 Å². The first-order valence-electron chi connectivity index (χ1n) is 5.14. The first-order chi connectivity index (χ1) is 7.33. The molecule has 1 aromatic rings. The van der Waals surface area contributed by atoms with E-state index in [1.54, 1.807) is 26.0 Å². The third-order valence-electron chi connectivity index (χ3n) is 2.70. The van der Waals surface area contributed by atoms with Crippen LogP contribution in [0.2, 0.25) is 0 Å².